The van der Waals surface area contributed by atoms with E-state index in [1.165, 1.54) is 116 Å². The van der Waals surface area contributed by atoms with E-state index in [1.54, 1.807) is 0 Å². The van der Waals surface area contributed by atoms with E-state index < -0.39 is 0 Å². The first-order chi connectivity index (χ1) is 14.7. The quantitative estimate of drug-likeness (QED) is 0.328. The maximum atomic E-state index is 12.1. The van der Waals surface area contributed by atoms with Crippen LogP contribution in [-0.2, 0) is 4.79 Å². The summed E-state index contributed by atoms with van der Waals surface area (Å²) in [4.78, 5) is 12.1. The number of carbonyl (C=O) groups excluding carboxylic acids is 1. The van der Waals surface area contributed by atoms with Crippen LogP contribution in [0, 0.1) is 35.5 Å². The fourth-order valence-corrected chi connectivity index (χ4v) is 7.19. The van der Waals surface area contributed by atoms with Gasteiger partial charge in [-0.3, -0.25) is 4.79 Å². The van der Waals surface area contributed by atoms with Crippen LogP contribution in [0.25, 0.3) is 0 Å². The van der Waals surface area contributed by atoms with Crippen LogP contribution >= 0.6 is 0 Å². The average Bonchev–Trinajstić information content (AvgIpc) is 2.79. The van der Waals surface area contributed by atoms with Gasteiger partial charge in [0.1, 0.15) is 5.78 Å². The second-order valence-electron chi connectivity index (χ2n) is 11.7. The number of rotatable bonds is 11. The maximum absolute atomic E-state index is 12.1. The van der Waals surface area contributed by atoms with E-state index in [4.69, 9.17) is 0 Å². The van der Waals surface area contributed by atoms with Gasteiger partial charge in [0.15, 0.2) is 0 Å². The molecule has 1 nitrogen and oxygen atoms in total. The first-order valence-electron chi connectivity index (χ1n) is 14.2. The highest BCUT2D eigenvalue weighted by Crippen LogP contribution is 2.40. The minimum absolute atomic E-state index is 0.415. The molecule has 0 aromatic heterocycles. The van der Waals surface area contributed by atoms with Crippen molar-refractivity contribution in [1.82, 2.24) is 0 Å². The molecule has 3 rings (SSSR count). The van der Waals surface area contributed by atoms with Crippen molar-refractivity contribution in [3.05, 3.63) is 0 Å². The molecule has 0 N–H and O–H groups in total. The van der Waals surface area contributed by atoms with Gasteiger partial charge in [-0.25, -0.2) is 0 Å². The van der Waals surface area contributed by atoms with Crippen molar-refractivity contribution >= 4 is 5.78 Å². The van der Waals surface area contributed by atoms with Gasteiger partial charge < -0.3 is 0 Å². The lowest BCUT2D eigenvalue weighted by Crippen LogP contribution is -2.22. The lowest BCUT2D eigenvalue weighted by Gasteiger charge is -2.33. The Bertz CT molecular complexity index is 459. The zero-order chi connectivity index (χ0) is 21.2. The summed E-state index contributed by atoms with van der Waals surface area (Å²) in [5, 5.41) is 0. The summed E-state index contributed by atoms with van der Waals surface area (Å²) in [6, 6.07) is 0. The third-order valence-electron chi connectivity index (χ3n) is 9.39. The third-order valence-corrected chi connectivity index (χ3v) is 9.39. The molecule has 1 heteroatoms. The summed E-state index contributed by atoms with van der Waals surface area (Å²) in [6.07, 6.45) is 27.9. The molecule has 3 aliphatic carbocycles. The highest BCUT2D eigenvalue weighted by atomic mass is 16.1. The molecule has 0 aromatic rings. The van der Waals surface area contributed by atoms with E-state index >= 15 is 0 Å². The zero-order valence-electron chi connectivity index (χ0n) is 20.5. The average molecular weight is 417 g/mol. The van der Waals surface area contributed by atoms with Gasteiger partial charge in [-0.05, 0) is 61.7 Å². The second-order valence-corrected chi connectivity index (χ2v) is 11.7. The van der Waals surface area contributed by atoms with Crippen molar-refractivity contribution < 1.29 is 4.79 Å². The Morgan fingerprint density at radius 1 is 0.500 bits per heavy atom. The monoisotopic (exact) mass is 416 g/mol. The summed E-state index contributed by atoms with van der Waals surface area (Å²) < 4.78 is 0. The standard InChI is InChI=1S/C29H52O/c1-3-5-23-7-9-24(10-8-23)11-12-25-13-15-26(16-14-25)17-18-27-19-21-28(22-20-27)29(30)6-4-2/h23-28H,3-22H2,1-2H3. The lowest BCUT2D eigenvalue weighted by molar-refractivity contribution is -0.124. The van der Waals surface area contributed by atoms with Crippen molar-refractivity contribution in [1.29, 1.82) is 0 Å². The van der Waals surface area contributed by atoms with Crippen LogP contribution in [0.4, 0.5) is 0 Å². The number of carbonyl (C=O) groups is 1. The van der Waals surface area contributed by atoms with Crippen molar-refractivity contribution in [3.63, 3.8) is 0 Å². The molecule has 0 unspecified atom stereocenters. The predicted molar refractivity (Wildman–Crippen MR) is 130 cm³/mol. The molecule has 0 aliphatic heterocycles. The first-order valence-corrected chi connectivity index (χ1v) is 14.2. The van der Waals surface area contributed by atoms with E-state index in [2.05, 4.69) is 13.8 Å². The van der Waals surface area contributed by atoms with Gasteiger partial charge >= 0.3 is 0 Å². The number of hydrogen-bond donors (Lipinski definition) is 0. The Labute approximate surface area is 188 Å². The Balaban J connectivity index is 1.22. The normalized spacial score (nSPS) is 35.3. The van der Waals surface area contributed by atoms with Gasteiger partial charge in [0, 0.05) is 12.3 Å². The smallest absolute Gasteiger partial charge is 0.135 e. The van der Waals surface area contributed by atoms with E-state index in [1.807, 2.05) is 0 Å². The van der Waals surface area contributed by atoms with Crippen LogP contribution in [0.3, 0.4) is 0 Å². The molecule has 0 radical (unpaired) electrons. The molecule has 0 bridgehead atoms. The molecule has 30 heavy (non-hydrogen) atoms. The second kappa shape index (κ2) is 13.3. The molecule has 0 spiro atoms. The minimum Gasteiger partial charge on any atom is -0.299 e. The van der Waals surface area contributed by atoms with Crippen molar-refractivity contribution in [2.75, 3.05) is 0 Å². The van der Waals surface area contributed by atoms with E-state index in [0.29, 0.717) is 11.7 Å². The Hall–Kier alpha value is -0.330. The fraction of sp³-hybridized carbons (Fsp3) is 0.966. The van der Waals surface area contributed by atoms with Gasteiger partial charge in [0.2, 0.25) is 0 Å². The Morgan fingerprint density at radius 3 is 1.17 bits per heavy atom. The highest BCUT2D eigenvalue weighted by Gasteiger charge is 2.28. The Morgan fingerprint density at radius 2 is 0.833 bits per heavy atom. The SMILES string of the molecule is CCCC(=O)C1CCC(CCC2CCC(CCC3CCC(CCC)CC3)CC2)CC1. The molecule has 0 heterocycles. The molecule has 0 amide bonds. The molecular formula is C29H52O. The summed E-state index contributed by atoms with van der Waals surface area (Å²) >= 11 is 0. The van der Waals surface area contributed by atoms with Gasteiger partial charge in [-0.2, -0.15) is 0 Å². The topological polar surface area (TPSA) is 17.1 Å². The van der Waals surface area contributed by atoms with Crippen LogP contribution in [0.1, 0.15) is 142 Å². The minimum atomic E-state index is 0.415. The molecule has 0 saturated heterocycles. The van der Waals surface area contributed by atoms with Gasteiger partial charge in [-0.1, -0.05) is 104 Å². The number of hydrogen-bond acceptors (Lipinski definition) is 1. The Kier molecular flexibility index (Phi) is 10.8. The molecule has 174 valence electrons. The third kappa shape index (κ3) is 7.98. The fourth-order valence-electron chi connectivity index (χ4n) is 7.19. The van der Waals surface area contributed by atoms with E-state index in [0.717, 1.165) is 42.4 Å². The van der Waals surface area contributed by atoms with Crippen LogP contribution in [0.2, 0.25) is 0 Å². The van der Waals surface area contributed by atoms with Crippen molar-refractivity contribution in [2.45, 2.75) is 142 Å². The summed E-state index contributed by atoms with van der Waals surface area (Å²) in [7, 11) is 0. The summed E-state index contributed by atoms with van der Waals surface area (Å²) in [6.45, 7) is 4.49. The zero-order valence-corrected chi connectivity index (χ0v) is 20.5. The van der Waals surface area contributed by atoms with Crippen molar-refractivity contribution in [3.8, 4) is 0 Å². The van der Waals surface area contributed by atoms with E-state index in [9.17, 15) is 4.79 Å². The first kappa shape index (κ1) is 24.3. The van der Waals surface area contributed by atoms with Crippen LogP contribution in [-0.4, -0.2) is 5.78 Å². The number of Topliss-reactive ketones (excluding diaryl/α,β-unsaturated/α-hetero) is 1. The lowest BCUT2D eigenvalue weighted by atomic mass is 9.73. The molecule has 0 atom stereocenters. The van der Waals surface area contributed by atoms with Gasteiger partial charge in [0.05, 0.1) is 0 Å². The van der Waals surface area contributed by atoms with Crippen molar-refractivity contribution in [2.24, 2.45) is 35.5 Å². The predicted octanol–water partition coefficient (Wildman–Crippen LogP) is 9.14. The summed E-state index contributed by atoms with van der Waals surface area (Å²) in [5.74, 6) is 6.10. The van der Waals surface area contributed by atoms with Gasteiger partial charge in [0.25, 0.3) is 0 Å². The molecule has 3 fully saturated rings. The maximum Gasteiger partial charge on any atom is 0.135 e. The molecule has 3 aliphatic rings. The van der Waals surface area contributed by atoms with Gasteiger partial charge in [-0.15, -0.1) is 0 Å². The van der Waals surface area contributed by atoms with Crippen LogP contribution in [0.15, 0.2) is 0 Å². The molecule has 3 saturated carbocycles. The number of ketones is 1. The highest BCUT2D eigenvalue weighted by molar-refractivity contribution is 5.80. The van der Waals surface area contributed by atoms with E-state index in [-0.39, 0.29) is 0 Å². The van der Waals surface area contributed by atoms with Crippen LogP contribution < -0.4 is 0 Å². The van der Waals surface area contributed by atoms with Crippen LogP contribution in [0.5, 0.6) is 0 Å². The molecule has 0 aromatic carbocycles. The molecular weight excluding hydrogens is 364 g/mol. The summed E-state index contributed by atoms with van der Waals surface area (Å²) in [5.41, 5.74) is 0. The largest absolute Gasteiger partial charge is 0.299 e.